The quantitative estimate of drug-likeness (QED) is 0.138. The fourth-order valence-corrected chi connectivity index (χ4v) is 9.85. The molecule has 1 nitrogen and oxygen atoms in total. The van der Waals surface area contributed by atoms with Crippen molar-refractivity contribution in [2.24, 2.45) is 0 Å². The van der Waals surface area contributed by atoms with Gasteiger partial charge in [0.1, 0.15) is 0 Å². The molecule has 0 heterocycles. The van der Waals surface area contributed by atoms with Gasteiger partial charge in [0.25, 0.3) is 0 Å². The summed E-state index contributed by atoms with van der Waals surface area (Å²) in [5.41, 5.74) is 15.3. The second kappa shape index (κ2) is 16.3. The average molecular weight is 826 g/mol. The predicted octanol–water partition coefficient (Wildman–Crippen LogP) is 18.1. The van der Waals surface area contributed by atoms with Crippen LogP contribution in [0.1, 0.15) is 0 Å². The van der Waals surface area contributed by atoms with Gasteiger partial charge in [0, 0.05) is 16.9 Å². The largest absolute Gasteiger partial charge is 0.310 e. The van der Waals surface area contributed by atoms with Crippen LogP contribution in [0.15, 0.2) is 261 Å². The lowest BCUT2D eigenvalue weighted by atomic mass is 9.84. The molecular weight excluding hydrogens is 783 g/mol. The van der Waals surface area contributed by atoms with Gasteiger partial charge in [0.05, 0.1) is 5.69 Å². The van der Waals surface area contributed by atoms with E-state index in [4.69, 9.17) is 0 Å². The first kappa shape index (κ1) is 38.2. The molecule has 12 rings (SSSR count). The van der Waals surface area contributed by atoms with E-state index in [1.807, 2.05) is 0 Å². The minimum absolute atomic E-state index is 1.09. The second-order valence-corrected chi connectivity index (χ2v) is 16.9. The number of benzene rings is 12. The minimum atomic E-state index is 1.09. The lowest BCUT2D eigenvalue weighted by Gasteiger charge is -2.28. The van der Waals surface area contributed by atoms with Crippen LogP contribution in [0.5, 0.6) is 0 Å². The van der Waals surface area contributed by atoms with E-state index in [0.29, 0.717) is 0 Å². The molecule has 1 heteroatoms. The highest BCUT2D eigenvalue weighted by molar-refractivity contribution is 6.22. The molecule has 65 heavy (non-hydrogen) atoms. The van der Waals surface area contributed by atoms with Crippen LogP contribution in [0, 0.1) is 0 Å². The first-order valence-electron chi connectivity index (χ1n) is 22.4. The molecule has 0 fully saturated rings. The maximum atomic E-state index is 2.43. The molecule has 0 radical (unpaired) electrons. The summed E-state index contributed by atoms with van der Waals surface area (Å²) >= 11 is 0. The maximum Gasteiger partial charge on any atom is 0.0540 e. The van der Waals surface area contributed by atoms with Gasteiger partial charge in [-0.05, 0) is 142 Å². The van der Waals surface area contributed by atoms with Crippen LogP contribution >= 0.6 is 0 Å². The average Bonchev–Trinajstić information content (AvgIpc) is 3.39. The van der Waals surface area contributed by atoms with Gasteiger partial charge in [0.2, 0.25) is 0 Å². The van der Waals surface area contributed by atoms with Crippen molar-refractivity contribution in [3.63, 3.8) is 0 Å². The van der Waals surface area contributed by atoms with Gasteiger partial charge in [-0.25, -0.2) is 0 Å². The third-order valence-electron chi connectivity index (χ3n) is 13.0. The first-order chi connectivity index (χ1) is 32.2. The normalized spacial score (nSPS) is 11.4. The van der Waals surface area contributed by atoms with E-state index in [1.165, 1.54) is 87.6 Å². The number of nitrogens with zero attached hydrogens (tertiary/aromatic N) is 1. The van der Waals surface area contributed by atoms with Crippen molar-refractivity contribution in [1.82, 2.24) is 0 Å². The number of para-hydroxylation sites is 1. The highest BCUT2D eigenvalue weighted by Gasteiger charge is 2.21. The molecule has 0 saturated heterocycles. The highest BCUT2D eigenvalue weighted by Crippen LogP contribution is 2.47. The molecular formula is C64H43N. The van der Waals surface area contributed by atoms with Gasteiger partial charge in [0.15, 0.2) is 0 Å². The molecule has 0 atom stereocenters. The van der Waals surface area contributed by atoms with Crippen LogP contribution in [-0.2, 0) is 0 Å². The number of hydrogen-bond donors (Lipinski definition) is 0. The second-order valence-electron chi connectivity index (χ2n) is 16.9. The Hall–Kier alpha value is -8.52. The van der Waals surface area contributed by atoms with Crippen LogP contribution in [-0.4, -0.2) is 0 Å². The standard InChI is InChI=1S/C64H43N/c1-3-17-48(18-4-1)63-60-25-12-11-24-58(60)59-40-35-54(43-61(59)64(63)49-19-5-2-6-20-49)57-23-13-14-26-62(57)65(55-36-31-46(32-37-55)52-29-27-44-15-7-9-21-50(44)41-52)56-38-33-47(34-39-56)53-30-28-45-16-8-10-22-51(45)42-53/h1-43H. The molecule has 0 aromatic heterocycles. The van der Waals surface area contributed by atoms with E-state index in [-0.39, 0.29) is 0 Å². The molecule has 0 amide bonds. The van der Waals surface area contributed by atoms with Gasteiger partial charge in [-0.3, -0.25) is 0 Å². The molecule has 0 aliphatic rings. The Morgan fingerprint density at radius 1 is 0.215 bits per heavy atom. The number of rotatable bonds is 8. The van der Waals surface area contributed by atoms with Gasteiger partial charge in [-0.2, -0.15) is 0 Å². The summed E-state index contributed by atoms with van der Waals surface area (Å²) in [6, 6.07) is 95.4. The third kappa shape index (κ3) is 7.01. The summed E-state index contributed by atoms with van der Waals surface area (Å²) in [7, 11) is 0. The Balaban J connectivity index is 1.04. The molecule has 0 spiro atoms. The molecule has 0 aliphatic carbocycles. The first-order valence-corrected chi connectivity index (χ1v) is 22.4. The molecule has 0 saturated carbocycles. The lowest BCUT2D eigenvalue weighted by Crippen LogP contribution is -2.11. The molecule has 12 aromatic rings. The molecule has 0 N–H and O–H groups in total. The summed E-state index contributed by atoms with van der Waals surface area (Å²) < 4.78 is 0. The lowest BCUT2D eigenvalue weighted by molar-refractivity contribution is 1.28. The third-order valence-corrected chi connectivity index (χ3v) is 13.0. The Morgan fingerprint density at radius 3 is 1.20 bits per heavy atom. The summed E-state index contributed by atoms with van der Waals surface area (Å²) in [6.45, 7) is 0. The topological polar surface area (TPSA) is 3.24 Å². The van der Waals surface area contributed by atoms with E-state index in [2.05, 4.69) is 266 Å². The van der Waals surface area contributed by atoms with E-state index >= 15 is 0 Å². The van der Waals surface area contributed by atoms with Crippen molar-refractivity contribution >= 4 is 60.2 Å². The highest BCUT2D eigenvalue weighted by atomic mass is 15.1. The van der Waals surface area contributed by atoms with E-state index < -0.39 is 0 Å². The smallest absolute Gasteiger partial charge is 0.0540 e. The monoisotopic (exact) mass is 825 g/mol. The fraction of sp³-hybridized carbons (Fsp3) is 0. The molecule has 304 valence electrons. The summed E-state index contributed by atoms with van der Waals surface area (Å²) in [5.74, 6) is 0. The van der Waals surface area contributed by atoms with E-state index in [9.17, 15) is 0 Å². The summed E-state index contributed by atoms with van der Waals surface area (Å²) in [6.07, 6.45) is 0. The Labute approximate surface area is 379 Å². The number of anilines is 3. The van der Waals surface area contributed by atoms with Gasteiger partial charge in [-0.15, -0.1) is 0 Å². The van der Waals surface area contributed by atoms with Crippen molar-refractivity contribution in [2.75, 3.05) is 4.90 Å². The zero-order valence-electron chi connectivity index (χ0n) is 35.8. The number of fused-ring (bicyclic) bond motifs is 5. The van der Waals surface area contributed by atoms with Crippen LogP contribution in [0.3, 0.4) is 0 Å². The maximum absolute atomic E-state index is 2.43. The molecule has 12 aromatic carbocycles. The Bertz CT molecular complexity index is 3560. The molecule has 0 aliphatic heterocycles. The van der Waals surface area contributed by atoms with Crippen LogP contribution in [0.2, 0.25) is 0 Å². The fourth-order valence-electron chi connectivity index (χ4n) is 9.85. The minimum Gasteiger partial charge on any atom is -0.310 e. The Kier molecular flexibility index (Phi) is 9.58. The van der Waals surface area contributed by atoms with E-state index in [0.717, 1.165) is 28.2 Å². The van der Waals surface area contributed by atoms with Crippen LogP contribution in [0.25, 0.3) is 98.7 Å². The van der Waals surface area contributed by atoms with Crippen LogP contribution in [0.4, 0.5) is 17.1 Å². The van der Waals surface area contributed by atoms with E-state index in [1.54, 1.807) is 0 Å². The SMILES string of the molecule is c1ccc(-c2c(-c3ccccc3)c3cc(-c4ccccc4N(c4ccc(-c5ccc6ccccc6c5)cc4)c4ccc(-c5ccc6ccccc6c5)cc4)ccc3c3ccccc23)cc1. The van der Waals surface area contributed by atoms with Crippen molar-refractivity contribution in [2.45, 2.75) is 0 Å². The van der Waals surface area contributed by atoms with Gasteiger partial charge >= 0.3 is 0 Å². The zero-order valence-corrected chi connectivity index (χ0v) is 35.8. The van der Waals surface area contributed by atoms with Crippen molar-refractivity contribution in [3.05, 3.63) is 261 Å². The predicted molar refractivity (Wildman–Crippen MR) is 278 cm³/mol. The van der Waals surface area contributed by atoms with Gasteiger partial charge in [-0.1, -0.05) is 212 Å². The molecule has 0 unspecified atom stereocenters. The van der Waals surface area contributed by atoms with Crippen molar-refractivity contribution < 1.29 is 0 Å². The van der Waals surface area contributed by atoms with Gasteiger partial charge < -0.3 is 4.90 Å². The molecule has 0 bridgehead atoms. The summed E-state index contributed by atoms with van der Waals surface area (Å²) in [4.78, 5) is 2.42. The summed E-state index contributed by atoms with van der Waals surface area (Å²) in [5, 5.41) is 9.95. The zero-order chi connectivity index (χ0) is 43.1. The Morgan fingerprint density at radius 2 is 0.631 bits per heavy atom. The van der Waals surface area contributed by atoms with Crippen molar-refractivity contribution in [1.29, 1.82) is 0 Å². The van der Waals surface area contributed by atoms with Crippen molar-refractivity contribution in [3.8, 4) is 55.6 Å². The van der Waals surface area contributed by atoms with Crippen LogP contribution < -0.4 is 4.90 Å². The number of hydrogen-bond acceptors (Lipinski definition) is 1.